The van der Waals surface area contributed by atoms with Gasteiger partial charge in [0.1, 0.15) is 12.2 Å². The van der Waals surface area contributed by atoms with Gasteiger partial charge in [-0.3, -0.25) is 0 Å². The Labute approximate surface area is 273 Å². The minimum absolute atomic E-state index is 0.120. The Morgan fingerprint density at radius 1 is 0.587 bits per heavy atom. The van der Waals surface area contributed by atoms with Crippen molar-refractivity contribution in [1.82, 2.24) is 10.6 Å². The van der Waals surface area contributed by atoms with E-state index in [1.807, 2.05) is 60.7 Å². The third-order valence-electron chi connectivity index (χ3n) is 9.39. The van der Waals surface area contributed by atoms with E-state index in [4.69, 9.17) is 9.47 Å². The maximum atomic E-state index is 13.8. The molecule has 0 radical (unpaired) electrons. The zero-order chi connectivity index (χ0) is 33.1. The van der Waals surface area contributed by atoms with Crippen molar-refractivity contribution in [2.75, 3.05) is 0 Å². The molecular formula is C40H48N2O4. The molecule has 2 aliphatic rings. The Bertz CT molecular complexity index is 1780. The van der Waals surface area contributed by atoms with E-state index in [-0.39, 0.29) is 46.3 Å². The molecule has 0 atom stereocenters. The number of fused-ring (bicyclic) bond motifs is 2. The molecule has 6 nitrogen and oxygen atoms in total. The van der Waals surface area contributed by atoms with Crippen LogP contribution in [0.3, 0.4) is 0 Å². The molecule has 0 saturated carbocycles. The van der Waals surface area contributed by atoms with Gasteiger partial charge in [0.2, 0.25) is 0 Å². The van der Waals surface area contributed by atoms with E-state index in [1.54, 1.807) is 0 Å². The standard InChI is InChI=1S/C40H48N2O4/c1-37(2)21-28(22-38(3,4)41-37)45-35(43)32-16-11-14-26-20-27(18-19-30(26)32)31-15-9-12-25-13-10-17-33(34(25)31)36(44)46-29-23-39(5,6)42-40(7,8)24-29/h9-20,28-29,41-42H,21-24H2,1-8H3. The highest BCUT2D eigenvalue weighted by molar-refractivity contribution is 6.12. The van der Waals surface area contributed by atoms with E-state index in [1.165, 1.54) is 0 Å². The average molecular weight is 621 g/mol. The van der Waals surface area contributed by atoms with Crippen molar-refractivity contribution in [3.63, 3.8) is 0 Å². The van der Waals surface area contributed by atoms with Crippen LogP contribution in [0.2, 0.25) is 0 Å². The van der Waals surface area contributed by atoms with Crippen molar-refractivity contribution >= 4 is 33.5 Å². The van der Waals surface area contributed by atoms with E-state index >= 15 is 0 Å². The summed E-state index contributed by atoms with van der Waals surface area (Å²) in [5.41, 5.74) is 2.54. The van der Waals surface area contributed by atoms with Crippen LogP contribution in [0.25, 0.3) is 32.7 Å². The summed E-state index contributed by atoms with van der Waals surface area (Å²) in [6, 6.07) is 23.8. The molecular weight excluding hydrogens is 572 g/mol. The average Bonchev–Trinajstić information content (AvgIpc) is 2.92. The van der Waals surface area contributed by atoms with Crippen molar-refractivity contribution in [1.29, 1.82) is 0 Å². The molecule has 6 heteroatoms. The number of hydrogen-bond acceptors (Lipinski definition) is 6. The van der Waals surface area contributed by atoms with Crippen molar-refractivity contribution in [3.8, 4) is 11.1 Å². The molecule has 0 spiro atoms. The smallest absolute Gasteiger partial charge is 0.339 e. The second-order valence-electron chi connectivity index (χ2n) is 16.1. The molecule has 2 heterocycles. The summed E-state index contributed by atoms with van der Waals surface area (Å²) in [6.07, 6.45) is 2.68. The van der Waals surface area contributed by atoms with Crippen molar-refractivity contribution in [3.05, 3.63) is 83.9 Å². The lowest BCUT2D eigenvalue weighted by atomic mass is 9.81. The van der Waals surface area contributed by atoms with Gasteiger partial charge < -0.3 is 20.1 Å². The zero-order valence-corrected chi connectivity index (χ0v) is 28.5. The Kier molecular flexibility index (Phi) is 8.05. The summed E-state index contributed by atoms with van der Waals surface area (Å²) in [6.45, 7) is 17.2. The predicted molar refractivity (Wildman–Crippen MR) is 186 cm³/mol. The highest BCUT2D eigenvalue weighted by Crippen LogP contribution is 2.37. The van der Waals surface area contributed by atoms with Crippen molar-refractivity contribution < 1.29 is 19.1 Å². The number of rotatable bonds is 5. The van der Waals surface area contributed by atoms with Crippen LogP contribution in [0.1, 0.15) is 102 Å². The molecule has 46 heavy (non-hydrogen) atoms. The van der Waals surface area contributed by atoms with Crippen LogP contribution in [0, 0.1) is 0 Å². The number of nitrogens with one attached hydrogen (secondary N) is 2. The first-order chi connectivity index (χ1) is 21.5. The number of esters is 2. The minimum Gasteiger partial charge on any atom is -0.459 e. The van der Waals surface area contributed by atoms with E-state index < -0.39 is 0 Å². The van der Waals surface area contributed by atoms with Crippen LogP contribution in [-0.4, -0.2) is 46.3 Å². The molecule has 0 unspecified atom stereocenters. The number of benzene rings is 4. The van der Waals surface area contributed by atoms with Crippen molar-refractivity contribution in [2.45, 2.75) is 115 Å². The van der Waals surface area contributed by atoms with Crippen molar-refractivity contribution in [2.24, 2.45) is 0 Å². The lowest BCUT2D eigenvalue weighted by molar-refractivity contribution is -0.00748. The Hall–Kier alpha value is -3.74. The summed E-state index contributed by atoms with van der Waals surface area (Å²) in [4.78, 5) is 27.4. The molecule has 4 aromatic rings. The van der Waals surface area contributed by atoms with E-state index in [2.05, 4.69) is 78.2 Å². The molecule has 0 bridgehead atoms. The fourth-order valence-corrected chi connectivity index (χ4v) is 8.43. The predicted octanol–water partition coefficient (Wildman–Crippen LogP) is 8.59. The lowest BCUT2D eigenvalue weighted by Gasteiger charge is -2.46. The Morgan fingerprint density at radius 2 is 1.04 bits per heavy atom. The summed E-state index contributed by atoms with van der Waals surface area (Å²) >= 11 is 0. The molecule has 242 valence electrons. The van der Waals surface area contributed by atoms with Crippen LogP contribution in [-0.2, 0) is 9.47 Å². The summed E-state index contributed by atoms with van der Waals surface area (Å²) in [5, 5.41) is 10.9. The molecule has 0 aliphatic carbocycles. The first-order valence-corrected chi connectivity index (χ1v) is 16.6. The van der Waals surface area contributed by atoms with Crippen LogP contribution in [0.5, 0.6) is 0 Å². The molecule has 0 amide bonds. The summed E-state index contributed by atoms with van der Waals surface area (Å²) < 4.78 is 12.3. The first-order valence-electron chi connectivity index (χ1n) is 16.6. The first kappa shape index (κ1) is 32.2. The lowest BCUT2D eigenvalue weighted by Crippen LogP contribution is -2.59. The van der Waals surface area contributed by atoms with Gasteiger partial charge in [-0.05, 0) is 101 Å². The molecule has 2 fully saturated rings. The Morgan fingerprint density at radius 3 is 1.59 bits per heavy atom. The van der Waals surface area contributed by atoms with Gasteiger partial charge in [0, 0.05) is 53.2 Å². The van der Waals surface area contributed by atoms with Gasteiger partial charge in [0.05, 0.1) is 11.1 Å². The normalized spacial score (nSPS) is 20.8. The van der Waals surface area contributed by atoms with Crippen LogP contribution >= 0.6 is 0 Å². The Balaban J connectivity index is 1.31. The number of ether oxygens (including phenoxy) is 2. The largest absolute Gasteiger partial charge is 0.459 e. The second-order valence-corrected chi connectivity index (χ2v) is 16.1. The van der Waals surface area contributed by atoms with Gasteiger partial charge >= 0.3 is 11.9 Å². The molecule has 2 aliphatic heterocycles. The number of carbonyl (C=O) groups excluding carboxylic acids is 2. The second kappa shape index (κ2) is 11.5. The van der Waals surface area contributed by atoms with Gasteiger partial charge in [-0.15, -0.1) is 0 Å². The molecule has 0 aromatic heterocycles. The van der Waals surface area contributed by atoms with Crippen LogP contribution in [0.15, 0.2) is 72.8 Å². The third-order valence-corrected chi connectivity index (χ3v) is 9.39. The minimum atomic E-state index is -0.299. The number of piperidine rings is 2. The van der Waals surface area contributed by atoms with E-state index in [0.717, 1.165) is 58.4 Å². The maximum Gasteiger partial charge on any atom is 0.339 e. The van der Waals surface area contributed by atoms with Gasteiger partial charge in [-0.2, -0.15) is 0 Å². The van der Waals surface area contributed by atoms with E-state index in [0.29, 0.717) is 11.1 Å². The third kappa shape index (κ3) is 6.84. The van der Waals surface area contributed by atoms with Crippen LogP contribution < -0.4 is 10.6 Å². The summed E-state index contributed by atoms with van der Waals surface area (Å²) in [7, 11) is 0. The quantitative estimate of drug-likeness (QED) is 0.218. The summed E-state index contributed by atoms with van der Waals surface area (Å²) in [5.74, 6) is -0.594. The van der Waals surface area contributed by atoms with Gasteiger partial charge in [-0.25, -0.2) is 9.59 Å². The molecule has 2 N–H and O–H groups in total. The van der Waals surface area contributed by atoms with E-state index in [9.17, 15) is 9.59 Å². The fraction of sp³-hybridized carbons (Fsp3) is 0.450. The van der Waals surface area contributed by atoms with Gasteiger partial charge in [-0.1, -0.05) is 54.6 Å². The number of hydrogen-bond donors (Lipinski definition) is 2. The zero-order valence-electron chi connectivity index (χ0n) is 28.5. The molecule has 6 rings (SSSR count). The van der Waals surface area contributed by atoms with Gasteiger partial charge in [0.15, 0.2) is 0 Å². The van der Waals surface area contributed by atoms with Gasteiger partial charge in [0.25, 0.3) is 0 Å². The van der Waals surface area contributed by atoms with Crippen LogP contribution in [0.4, 0.5) is 0 Å². The SMILES string of the molecule is CC1(C)CC(OC(=O)c2cccc3cc(-c4cccc5cccc(C(=O)OC6CC(C)(C)NC(C)(C)C6)c45)ccc23)CC(C)(C)N1. The maximum absolute atomic E-state index is 13.8. The topological polar surface area (TPSA) is 76.7 Å². The number of carbonyl (C=O) groups is 2. The highest BCUT2D eigenvalue weighted by atomic mass is 16.5. The fourth-order valence-electron chi connectivity index (χ4n) is 8.43. The highest BCUT2D eigenvalue weighted by Gasteiger charge is 2.41. The molecule has 4 aromatic carbocycles. The monoisotopic (exact) mass is 620 g/mol. The molecule has 2 saturated heterocycles.